The fraction of sp³-hybridized carbons (Fsp3) is 0.500. The van der Waals surface area contributed by atoms with Crippen molar-refractivity contribution in [2.75, 3.05) is 20.1 Å². The molecule has 0 fully saturated rings. The fourth-order valence-electron chi connectivity index (χ4n) is 2.43. The minimum atomic E-state index is 0.154. The molecular weight excluding hydrogens is 236 g/mol. The van der Waals surface area contributed by atoms with Gasteiger partial charge in [0.05, 0.1) is 6.04 Å². The van der Waals surface area contributed by atoms with E-state index in [1.165, 1.54) is 6.42 Å². The lowest BCUT2D eigenvalue weighted by Crippen LogP contribution is -2.33. The lowest BCUT2D eigenvalue weighted by Gasteiger charge is -2.27. The number of benzene rings is 1. The van der Waals surface area contributed by atoms with Gasteiger partial charge in [0.15, 0.2) is 0 Å². The van der Waals surface area contributed by atoms with Crippen molar-refractivity contribution in [1.82, 2.24) is 4.90 Å². The second-order valence-corrected chi connectivity index (χ2v) is 5.39. The van der Waals surface area contributed by atoms with Gasteiger partial charge in [0.25, 0.3) is 0 Å². The highest BCUT2D eigenvalue weighted by Gasteiger charge is 2.20. The molecule has 0 aliphatic carbocycles. The van der Waals surface area contributed by atoms with Crippen LogP contribution in [-0.2, 0) is 0 Å². The third-order valence-electron chi connectivity index (χ3n) is 3.82. The smallest absolute Gasteiger partial charge is 0.134 e. The second kappa shape index (κ2) is 6.22. The summed E-state index contributed by atoms with van der Waals surface area (Å²) in [4.78, 5) is 2.30. The number of nitrogens with zero attached hydrogens (tertiary/aromatic N) is 1. The molecule has 0 saturated heterocycles. The number of hydrogen-bond acceptors (Lipinski definition) is 3. The van der Waals surface area contributed by atoms with Crippen molar-refractivity contribution in [3.05, 3.63) is 36.1 Å². The number of para-hydroxylation sites is 1. The van der Waals surface area contributed by atoms with Crippen LogP contribution in [-0.4, -0.2) is 25.0 Å². The summed E-state index contributed by atoms with van der Waals surface area (Å²) in [6.45, 7) is 6.10. The standard InChI is InChI=1S/C16H24N2O/c1-4-12(2)11-18(3)14(10-17)16-9-13-7-5-6-8-15(13)19-16/h5-9,12,14H,4,10-11,17H2,1-3H3. The average molecular weight is 260 g/mol. The highest BCUT2D eigenvalue weighted by atomic mass is 16.3. The summed E-state index contributed by atoms with van der Waals surface area (Å²) < 4.78 is 5.94. The third kappa shape index (κ3) is 3.17. The average Bonchev–Trinajstić information content (AvgIpc) is 2.82. The van der Waals surface area contributed by atoms with E-state index in [1.54, 1.807) is 0 Å². The summed E-state index contributed by atoms with van der Waals surface area (Å²) in [5.74, 6) is 1.64. The van der Waals surface area contributed by atoms with E-state index in [0.717, 1.165) is 23.3 Å². The SMILES string of the molecule is CCC(C)CN(C)C(CN)c1cc2ccccc2o1. The first-order chi connectivity index (χ1) is 9.15. The van der Waals surface area contributed by atoms with Gasteiger partial charge in [0.1, 0.15) is 11.3 Å². The summed E-state index contributed by atoms with van der Waals surface area (Å²) in [5.41, 5.74) is 6.88. The highest BCUT2D eigenvalue weighted by Crippen LogP contribution is 2.27. The number of rotatable bonds is 6. The Labute approximate surface area is 115 Å². The van der Waals surface area contributed by atoms with Crippen LogP contribution in [0, 0.1) is 5.92 Å². The van der Waals surface area contributed by atoms with Gasteiger partial charge in [0, 0.05) is 18.5 Å². The molecule has 3 nitrogen and oxygen atoms in total. The van der Waals surface area contributed by atoms with Crippen LogP contribution in [0.1, 0.15) is 32.1 Å². The van der Waals surface area contributed by atoms with Gasteiger partial charge in [-0.05, 0) is 25.1 Å². The Morgan fingerprint density at radius 3 is 2.68 bits per heavy atom. The van der Waals surface area contributed by atoms with Gasteiger partial charge in [-0.2, -0.15) is 0 Å². The van der Waals surface area contributed by atoms with Crippen molar-refractivity contribution >= 4 is 11.0 Å². The van der Waals surface area contributed by atoms with E-state index in [0.29, 0.717) is 12.5 Å². The molecule has 1 aromatic heterocycles. The molecule has 1 heterocycles. The van der Waals surface area contributed by atoms with Crippen LogP contribution in [0.25, 0.3) is 11.0 Å². The van der Waals surface area contributed by atoms with E-state index < -0.39 is 0 Å². The molecule has 2 atom stereocenters. The Bertz CT molecular complexity index is 487. The van der Waals surface area contributed by atoms with Crippen molar-refractivity contribution < 1.29 is 4.42 Å². The Morgan fingerprint density at radius 1 is 1.32 bits per heavy atom. The Balaban J connectivity index is 2.20. The summed E-state index contributed by atoms with van der Waals surface area (Å²) in [6.07, 6.45) is 1.18. The second-order valence-electron chi connectivity index (χ2n) is 5.39. The van der Waals surface area contributed by atoms with Gasteiger partial charge in [-0.15, -0.1) is 0 Å². The lowest BCUT2D eigenvalue weighted by atomic mass is 10.1. The number of nitrogens with two attached hydrogens (primary N) is 1. The number of furan rings is 1. The summed E-state index contributed by atoms with van der Waals surface area (Å²) in [7, 11) is 2.12. The van der Waals surface area contributed by atoms with Crippen molar-refractivity contribution in [2.45, 2.75) is 26.3 Å². The van der Waals surface area contributed by atoms with Gasteiger partial charge < -0.3 is 10.2 Å². The molecule has 2 N–H and O–H groups in total. The molecule has 104 valence electrons. The van der Waals surface area contributed by atoms with Gasteiger partial charge in [0.2, 0.25) is 0 Å². The maximum atomic E-state index is 5.94. The molecule has 2 unspecified atom stereocenters. The van der Waals surface area contributed by atoms with Gasteiger partial charge in [-0.1, -0.05) is 38.5 Å². The monoisotopic (exact) mass is 260 g/mol. The summed E-state index contributed by atoms with van der Waals surface area (Å²) in [6, 6.07) is 10.4. The van der Waals surface area contributed by atoms with Crippen molar-refractivity contribution in [3.63, 3.8) is 0 Å². The first-order valence-corrected chi connectivity index (χ1v) is 7.04. The molecule has 19 heavy (non-hydrogen) atoms. The highest BCUT2D eigenvalue weighted by molar-refractivity contribution is 5.77. The fourth-order valence-corrected chi connectivity index (χ4v) is 2.43. The molecule has 2 rings (SSSR count). The molecule has 0 aliphatic rings. The minimum Gasteiger partial charge on any atom is -0.459 e. The molecule has 0 amide bonds. The zero-order valence-corrected chi connectivity index (χ0v) is 12.1. The van der Waals surface area contributed by atoms with E-state index in [1.807, 2.05) is 18.2 Å². The largest absolute Gasteiger partial charge is 0.459 e. The molecule has 1 aromatic carbocycles. The summed E-state index contributed by atoms with van der Waals surface area (Å²) in [5, 5.41) is 1.15. The maximum Gasteiger partial charge on any atom is 0.134 e. The molecule has 0 bridgehead atoms. The van der Waals surface area contributed by atoms with E-state index in [9.17, 15) is 0 Å². The lowest BCUT2D eigenvalue weighted by molar-refractivity contribution is 0.195. The van der Waals surface area contributed by atoms with Crippen LogP contribution in [0.15, 0.2) is 34.7 Å². The molecular formula is C16H24N2O. The maximum absolute atomic E-state index is 5.94. The van der Waals surface area contributed by atoms with Crippen LogP contribution in [0.5, 0.6) is 0 Å². The predicted molar refractivity (Wildman–Crippen MR) is 80.1 cm³/mol. The van der Waals surface area contributed by atoms with Crippen LogP contribution >= 0.6 is 0 Å². The molecule has 0 spiro atoms. The quantitative estimate of drug-likeness (QED) is 0.865. The molecule has 0 radical (unpaired) electrons. The number of likely N-dealkylation sites (N-methyl/N-ethyl adjacent to an activating group) is 1. The van der Waals surface area contributed by atoms with Crippen LogP contribution in [0.2, 0.25) is 0 Å². The van der Waals surface area contributed by atoms with Gasteiger partial charge >= 0.3 is 0 Å². The topological polar surface area (TPSA) is 42.4 Å². The zero-order chi connectivity index (χ0) is 13.8. The Morgan fingerprint density at radius 2 is 2.05 bits per heavy atom. The van der Waals surface area contributed by atoms with Crippen molar-refractivity contribution in [3.8, 4) is 0 Å². The van der Waals surface area contributed by atoms with Crippen molar-refractivity contribution in [1.29, 1.82) is 0 Å². The summed E-state index contributed by atoms with van der Waals surface area (Å²) >= 11 is 0. The van der Waals surface area contributed by atoms with Gasteiger partial charge in [-0.3, -0.25) is 4.90 Å². The van der Waals surface area contributed by atoms with Gasteiger partial charge in [-0.25, -0.2) is 0 Å². The third-order valence-corrected chi connectivity index (χ3v) is 3.82. The van der Waals surface area contributed by atoms with Crippen LogP contribution < -0.4 is 5.73 Å². The van der Waals surface area contributed by atoms with E-state index in [-0.39, 0.29) is 6.04 Å². The Hall–Kier alpha value is -1.32. The van der Waals surface area contributed by atoms with Crippen LogP contribution in [0.4, 0.5) is 0 Å². The molecule has 2 aromatic rings. The van der Waals surface area contributed by atoms with E-state index in [4.69, 9.17) is 10.2 Å². The molecule has 3 heteroatoms. The zero-order valence-electron chi connectivity index (χ0n) is 12.1. The number of fused-ring (bicyclic) bond motifs is 1. The molecule has 0 aliphatic heterocycles. The van der Waals surface area contributed by atoms with E-state index in [2.05, 4.69) is 37.9 Å². The van der Waals surface area contributed by atoms with Crippen molar-refractivity contribution in [2.24, 2.45) is 11.7 Å². The van der Waals surface area contributed by atoms with Crippen LogP contribution in [0.3, 0.4) is 0 Å². The Kier molecular flexibility index (Phi) is 4.61. The first-order valence-electron chi connectivity index (χ1n) is 7.04. The predicted octanol–water partition coefficient (Wildman–Crippen LogP) is 3.41. The number of hydrogen-bond donors (Lipinski definition) is 1. The minimum absolute atomic E-state index is 0.154. The molecule has 0 saturated carbocycles. The van der Waals surface area contributed by atoms with E-state index >= 15 is 0 Å². The first kappa shape index (κ1) is 14.1. The normalized spacial score (nSPS) is 15.0.